The van der Waals surface area contributed by atoms with Gasteiger partial charge in [0.05, 0.1) is 5.69 Å². The van der Waals surface area contributed by atoms with Gasteiger partial charge < -0.3 is 21.2 Å². The van der Waals surface area contributed by atoms with Gasteiger partial charge in [0.15, 0.2) is 17.5 Å². The normalized spacial score (nSPS) is 21.9. The summed E-state index contributed by atoms with van der Waals surface area (Å²) in [5, 5.41) is 17.4. The average molecular weight is 388 g/mol. The number of fused-ring (bicyclic) bond motifs is 1. The average Bonchev–Trinajstić information content (AvgIpc) is 3.38. The topological polar surface area (TPSA) is 112 Å². The molecule has 0 radical (unpaired) electrons. The smallest absolute Gasteiger partial charge is 0.185 e. The third-order valence-corrected chi connectivity index (χ3v) is 5.76. The molecule has 2 unspecified atom stereocenters. The molecule has 142 valence electrons. The molecule has 9 heteroatoms. The Kier molecular flexibility index (Phi) is 5.04. The van der Waals surface area contributed by atoms with Gasteiger partial charge in [0, 0.05) is 47.0 Å². The van der Waals surface area contributed by atoms with Gasteiger partial charge in [-0.1, -0.05) is 0 Å². The molecule has 0 saturated heterocycles. The highest BCUT2D eigenvalue weighted by atomic mass is 32.2. The van der Waals surface area contributed by atoms with Crippen molar-refractivity contribution in [1.29, 1.82) is 5.41 Å². The molecule has 27 heavy (non-hydrogen) atoms. The van der Waals surface area contributed by atoms with Gasteiger partial charge in [0.1, 0.15) is 6.10 Å². The van der Waals surface area contributed by atoms with Crippen LogP contribution in [0.15, 0.2) is 35.1 Å². The van der Waals surface area contributed by atoms with Crippen molar-refractivity contribution in [1.82, 2.24) is 14.9 Å². The Bertz CT molecular complexity index is 883. The first-order chi connectivity index (χ1) is 13.1. The van der Waals surface area contributed by atoms with Crippen molar-refractivity contribution in [3.05, 3.63) is 47.2 Å². The highest BCUT2D eigenvalue weighted by molar-refractivity contribution is 7.97. The number of nitrogens with two attached hydrogens (primary N) is 1. The van der Waals surface area contributed by atoms with Crippen molar-refractivity contribution < 1.29 is 9.13 Å². The lowest BCUT2D eigenvalue weighted by molar-refractivity contribution is 0.119. The second-order valence-electron chi connectivity index (χ2n) is 6.65. The summed E-state index contributed by atoms with van der Waals surface area (Å²) in [6.45, 7) is 0.520. The van der Waals surface area contributed by atoms with Crippen LogP contribution in [-0.2, 0) is 11.3 Å². The molecule has 1 fully saturated rings. The number of anilines is 2. The molecule has 0 bridgehead atoms. The van der Waals surface area contributed by atoms with E-state index in [4.69, 9.17) is 15.9 Å². The Hall–Kier alpha value is -2.52. The first kappa shape index (κ1) is 17.9. The van der Waals surface area contributed by atoms with Crippen molar-refractivity contribution in [3.8, 4) is 0 Å². The minimum atomic E-state index is -0.239. The number of benzene rings is 1. The second kappa shape index (κ2) is 7.61. The zero-order chi connectivity index (χ0) is 18.8. The summed E-state index contributed by atoms with van der Waals surface area (Å²) in [6.07, 6.45) is 5.25. The predicted octanol–water partition coefficient (Wildman–Crippen LogP) is 3.51. The number of hydrogen-bond donors (Lipinski definition) is 5. The number of nitrogens with one attached hydrogen (secondary N) is 4. The fourth-order valence-electron chi connectivity index (χ4n) is 3.54. The molecule has 1 aromatic heterocycles. The number of allylic oxidation sites excluding steroid dienone is 1. The van der Waals surface area contributed by atoms with Crippen LogP contribution in [0.3, 0.4) is 0 Å². The van der Waals surface area contributed by atoms with Crippen LogP contribution in [0.25, 0.3) is 0 Å². The number of halogens is 1. The van der Waals surface area contributed by atoms with Gasteiger partial charge in [0.25, 0.3) is 0 Å². The standard InChI is InChI=1S/C18H21FN6OS/c19-18-12-9-22-27-15(12)4-3-13(18)23-17-8-14(24-25-17)10-1-2-11(7-10)26-16(21)5-6-20/h3-6,8,10-11,20,22H,1-2,7,9,21H2,(H2,23,24,25)/b16-5+,20-6?. The zero-order valence-corrected chi connectivity index (χ0v) is 15.4. The van der Waals surface area contributed by atoms with E-state index in [1.54, 1.807) is 6.07 Å². The molecule has 1 aliphatic heterocycles. The predicted molar refractivity (Wildman–Crippen MR) is 103 cm³/mol. The summed E-state index contributed by atoms with van der Waals surface area (Å²) < 4.78 is 23.3. The summed E-state index contributed by atoms with van der Waals surface area (Å²) >= 11 is 1.45. The van der Waals surface area contributed by atoms with Gasteiger partial charge in [-0.05, 0) is 43.3 Å². The highest BCUT2D eigenvalue weighted by Gasteiger charge is 2.29. The zero-order valence-electron chi connectivity index (χ0n) is 14.6. The van der Waals surface area contributed by atoms with E-state index in [0.717, 1.165) is 36.1 Å². The van der Waals surface area contributed by atoms with Crippen LogP contribution in [0.1, 0.15) is 36.4 Å². The largest absolute Gasteiger partial charge is 0.476 e. The molecule has 6 N–H and O–H groups in total. The van der Waals surface area contributed by atoms with Gasteiger partial charge in [0.2, 0.25) is 0 Å². The maximum atomic E-state index is 14.6. The first-order valence-electron chi connectivity index (χ1n) is 8.80. The number of nitrogens with zero attached hydrogens (tertiary/aromatic N) is 1. The summed E-state index contributed by atoms with van der Waals surface area (Å²) in [5.74, 6) is 0.908. The number of hydrogen-bond acceptors (Lipinski definition) is 7. The van der Waals surface area contributed by atoms with Gasteiger partial charge >= 0.3 is 0 Å². The van der Waals surface area contributed by atoms with E-state index in [-0.39, 0.29) is 23.7 Å². The van der Waals surface area contributed by atoms with Crippen molar-refractivity contribution in [2.45, 2.75) is 42.7 Å². The van der Waals surface area contributed by atoms with E-state index in [9.17, 15) is 4.39 Å². The molecular weight excluding hydrogens is 367 g/mol. The SMILES string of the molecule is N=C/C=C(\N)OC1CCC(c2cc(Nc3ccc4c(c3F)CNS4)n[nH]2)C1. The minimum Gasteiger partial charge on any atom is -0.476 e. The third kappa shape index (κ3) is 3.79. The lowest BCUT2D eigenvalue weighted by atomic mass is 10.0. The molecule has 0 spiro atoms. The number of aromatic nitrogens is 2. The minimum absolute atomic E-state index is 0.0325. The van der Waals surface area contributed by atoms with Crippen molar-refractivity contribution in [3.63, 3.8) is 0 Å². The maximum absolute atomic E-state index is 14.6. The monoisotopic (exact) mass is 388 g/mol. The lowest BCUT2D eigenvalue weighted by Gasteiger charge is -2.13. The molecular formula is C18H21FN6OS. The van der Waals surface area contributed by atoms with Crippen LogP contribution >= 0.6 is 11.9 Å². The van der Waals surface area contributed by atoms with Crippen LogP contribution in [0, 0.1) is 11.2 Å². The molecule has 2 atom stereocenters. The van der Waals surface area contributed by atoms with Crippen molar-refractivity contribution in [2.24, 2.45) is 5.73 Å². The molecule has 1 aromatic carbocycles. The number of rotatable bonds is 6. The first-order valence-corrected chi connectivity index (χ1v) is 9.62. The molecule has 1 saturated carbocycles. The van der Waals surface area contributed by atoms with Crippen molar-refractivity contribution >= 4 is 29.7 Å². The summed E-state index contributed by atoms with van der Waals surface area (Å²) in [5.41, 5.74) is 7.82. The summed E-state index contributed by atoms with van der Waals surface area (Å²) in [6, 6.07) is 5.56. The number of H-pyrrole nitrogens is 1. The van der Waals surface area contributed by atoms with Gasteiger partial charge in [-0.15, -0.1) is 0 Å². The fraction of sp³-hybridized carbons (Fsp3) is 0.333. The highest BCUT2D eigenvalue weighted by Crippen LogP contribution is 2.37. The van der Waals surface area contributed by atoms with Crippen LogP contribution in [0.5, 0.6) is 0 Å². The van der Waals surface area contributed by atoms with Gasteiger partial charge in [-0.3, -0.25) is 9.82 Å². The van der Waals surface area contributed by atoms with Crippen LogP contribution in [0.4, 0.5) is 15.9 Å². The van der Waals surface area contributed by atoms with Crippen LogP contribution in [0.2, 0.25) is 0 Å². The van der Waals surface area contributed by atoms with Crippen molar-refractivity contribution in [2.75, 3.05) is 5.32 Å². The van der Waals surface area contributed by atoms with Gasteiger partial charge in [-0.2, -0.15) is 5.10 Å². The number of aromatic amines is 1. The number of ether oxygens (including phenoxy) is 1. The molecule has 2 aromatic rings. The van der Waals surface area contributed by atoms with E-state index in [1.807, 2.05) is 12.1 Å². The second-order valence-corrected chi connectivity index (χ2v) is 7.58. The van der Waals surface area contributed by atoms with Crippen LogP contribution < -0.4 is 15.8 Å². The van der Waals surface area contributed by atoms with E-state index in [1.165, 1.54) is 18.0 Å². The summed E-state index contributed by atoms with van der Waals surface area (Å²) in [7, 11) is 0. The quantitative estimate of drug-likeness (QED) is 0.294. The Morgan fingerprint density at radius 2 is 2.33 bits per heavy atom. The maximum Gasteiger partial charge on any atom is 0.185 e. The molecule has 7 nitrogen and oxygen atoms in total. The third-order valence-electron chi connectivity index (χ3n) is 4.87. The molecule has 2 heterocycles. The molecule has 1 aliphatic carbocycles. The lowest BCUT2D eigenvalue weighted by Crippen LogP contribution is -2.13. The molecule has 4 rings (SSSR count). The fourth-order valence-corrected chi connectivity index (χ4v) is 4.33. The Morgan fingerprint density at radius 3 is 3.19 bits per heavy atom. The Morgan fingerprint density at radius 1 is 1.44 bits per heavy atom. The van der Waals surface area contributed by atoms with E-state index < -0.39 is 0 Å². The molecule has 2 aliphatic rings. The van der Waals surface area contributed by atoms with Gasteiger partial charge in [-0.25, -0.2) is 4.39 Å². The van der Waals surface area contributed by atoms with E-state index >= 15 is 0 Å². The Labute approximate surface area is 160 Å². The molecule has 0 amide bonds. The summed E-state index contributed by atoms with van der Waals surface area (Å²) in [4.78, 5) is 0.925. The van der Waals surface area contributed by atoms with E-state index in [0.29, 0.717) is 23.6 Å². The van der Waals surface area contributed by atoms with E-state index in [2.05, 4.69) is 20.2 Å². The van der Waals surface area contributed by atoms with Crippen LogP contribution in [-0.4, -0.2) is 22.5 Å². The Balaban J connectivity index is 1.41.